The number of amides is 1. The SMILES string of the molecule is CSCC[C@H](NC(=O)CNCc1ccccc1C(F)(F)F)C(=O)O. The molecule has 0 fully saturated rings. The Morgan fingerprint density at radius 3 is 2.54 bits per heavy atom. The van der Waals surface area contributed by atoms with Crippen molar-refractivity contribution in [2.45, 2.75) is 25.2 Å². The standard InChI is InChI=1S/C15H19F3N2O3S/c1-24-7-6-12(14(22)23)20-13(21)9-19-8-10-4-2-3-5-11(10)15(16,17)18/h2-5,12,19H,6-9H2,1H3,(H,20,21)(H,22,23)/t12-/m0/s1. The molecule has 0 heterocycles. The Labute approximate surface area is 142 Å². The summed E-state index contributed by atoms with van der Waals surface area (Å²) in [7, 11) is 0. The highest BCUT2D eigenvalue weighted by Crippen LogP contribution is 2.31. The zero-order chi connectivity index (χ0) is 18.2. The third-order valence-corrected chi connectivity index (χ3v) is 3.81. The van der Waals surface area contributed by atoms with Crippen molar-refractivity contribution >= 4 is 23.6 Å². The van der Waals surface area contributed by atoms with Crippen molar-refractivity contribution in [2.75, 3.05) is 18.6 Å². The molecule has 3 N–H and O–H groups in total. The quantitative estimate of drug-likeness (QED) is 0.626. The maximum absolute atomic E-state index is 12.8. The molecule has 0 saturated carbocycles. The Morgan fingerprint density at radius 2 is 1.96 bits per heavy atom. The van der Waals surface area contributed by atoms with Gasteiger partial charge in [0.25, 0.3) is 0 Å². The monoisotopic (exact) mass is 364 g/mol. The zero-order valence-electron chi connectivity index (χ0n) is 13.0. The number of carboxylic acids is 1. The maximum atomic E-state index is 12.8. The van der Waals surface area contributed by atoms with Crippen LogP contribution in [0.2, 0.25) is 0 Å². The largest absolute Gasteiger partial charge is 0.480 e. The van der Waals surface area contributed by atoms with E-state index in [-0.39, 0.29) is 25.1 Å². The minimum absolute atomic E-state index is 0.0231. The van der Waals surface area contributed by atoms with E-state index in [0.29, 0.717) is 5.75 Å². The zero-order valence-corrected chi connectivity index (χ0v) is 13.8. The summed E-state index contributed by atoms with van der Waals surface area (Å²) in [5, 5.41) is 14.0. The van der Waals surface area contributed by atoms with Gasteiger partial charge in [0.05, 0.1) is 12.1 Å². The molecule has 0 aliphatic rings. The lowest BCUT2D eigenvalue weighted by molar-refractivity contribution is -0.141. The second-order valence-corrected chi connectivity index (χ2v) is 5.98. The van der Waals surface area contributed by atoms with Gasteiger partial charge in [0.2, 0.25) is 5.91 Å². The van der Waals surface area contributed by atoms with Crippen LogP contribution in [-0.4, -0.2) is 41.6 Å². The average molecular weight is 364 g/mol. The third-order valence-electron chi connectivity index (χ3n) is 3.17. The van der Waals surface area contributed by atoms with Gasteiger partial charge >= 0.3 is 12.1 Å². The van der Waals surface area contributed by atoms with Crippen LogP contribution < -0.4 is 10.6 Å². The van der Waals surface area contributed by atoms with E-state index in [0.717, 1.165) is 6.07 Å². The molecule has 0 aromatic heterocycles. The van der Waals surface area contributed by atoms with E-state index >= 15 is 0 Å². The fraction of sp³-hybridized carbons (Fsp3) is 0.467. The van der Waals surface area contributed by atoms with Gasteiger partial charge in [-0.05, 0) is 30.1 Å². The van der Waals surface area contributed by atoms with Crippen LogP contribution in [0.1, 0.15) is 17.5 Å². The molecular weight excluding hydrogens is 345 g/mol. The lowest BCUT2D eigenvalue weighted by atomic mass is 10.1. The van der Waals surface area contributed by atoms with Crippen LogP contribution in [0, 0.1) is 0 Å². The number of carbonyl (C=O) groups is 2. The summed E-state index contributed by atoms with van der Waals surface area (Å²) >= 11 is 1.46. The van der Waals surface area contributed by atoms with Crippen molar-refractivity contribution in [1.29, 1.82) is 0 Å². The smallest absolute Gasteiger partial charge is 0.416 e. The number of hydrogen-bond acceptors (Lipinski definition) is 4. The van der Waals surface area contributed by atoms with Crippen molar-refractivity contribution in [3.8, 4) is 0 Å². The van der Waals surface area contributed by atoms with Crippen LogP contribution in [-0.2, 0) is 22.3 Å². The third kappa shape index (κ3) is 6.79. The first-order valence-electron chi connectivity index (χ1n) is 7.12. The molecule has 1 aromatic rings. The molecule has 0 bridgehead atoms. The number of carboxylic acid groups (broad SMARTS) is 1. The minimum atomic E-state index is -4.47. The van der Waals surface area contributed by atoms with E-state index in [4.69, 9.17) is 5.11 Å². The molecule has 0 spiro atoms. The highest BCUT2D eigenvalue weighted by atomic mass is 32.2. The van der Waals surface area contributed by atoms with Crippen LogP contribution in [0.25, 0.3) is 0 Å². The van der Waals surface area contributed by atoms with Crippen LogP contribution in [0.15, 0.2) is 24.3 Å². The number of rotatable bonds is 9. The summed E-state index contributed by atoms with van der Waals surface area (Å²) in [5.74, 6) is -1.14. The predicted octanol–water partition coefficient (Wildman–Crippen LogP) is 2.12. The Hall–Kier alpha value is -1.74. The minimum Gasteiger partial charge on any atom is -0.480 e. The van der Waals surface area contributed by atoms with Gasteiger partial charge in [-0.3, -0.25) is 4.79 Å². The van der Waals surface area contributed by atoms with Crippen molar-refractivity contribution in [1.82, 2.24) is 10.6 Å². The Bertz CT molecular complexity index is 567. The van der Waals surface area contributed by atoms with Gasteiger partial charge in [0.1, 0.15) is 6.04 Å². The van der Waals surface area contributed by atoms with Crippen molar-refractivity contribution in [2.24, 2.45) is 0 Å². The van der Waals surface area contributed by atoms with Gasteiger partial charge in [-0.1, -0.05) is 18.2 Å². The molecule has 0 unspecified atom stereocenters. The van der Waals surface area contributed by atoms with Crippen LogP contribution in [0.3, 0.4) is 0 Å². The fourth-order valence-electron chi connectivity index (χ4n) is 2.00. The summed E-state index contributed by atoms with van der Waals surface area (Å²) < 4.78 is 38.5. The fourth-order valence-corrected chi connectivity index (χ4v) is 2.47. The summed E-state index contributed by atoms with van der Waals surface area (Å²) in [6.45, 7) is -0.416. The molecule has 9 heteroatoms. The number of nitrogens with one attached hydrogen (secondary N) is 2. The molecule has 24 heavy (non-hydrogen) atoms. The second kappa shape index (κ2) is 9.53. The Morgan fingerprint density at radius 1 is 1.29 bits per heavy atom. The van der Waals surface area contributed by atoms with E-state index in [1.54, 1.807) is 0 Å². The first-order chi connectivity index (χ1) is 11.3. The highest BCUT2D eigenvalue weighted by Gasteiger charge is 2.32. The van der Waals surface area contributed by atoms with E-state index in [1.165, 1.54) is 30.0 Å². The topological polar surface area (TPSA) is 78.4 Å². The lowest BCUT2D eigenvalue weighted by Crippen LogP contribution is -2.44. The van der Waals surface area contributed by atoms with Gasteiger partial charge < -0.3 is 15.7 Å². The normalized spacial score (nSPS) is 12.7. The summed E-state index contributed by atoms with van der Waals surface area (Å²) in [6, 6.07) is 4.07. The number of aliphatic carboxylic acids is 1. The van der Waals surface area contributed by atoms with Gasteiger partial charge in [-0.15, -0.1) is 0 Å². The highest BCUT2D eigenvalue weighted by molar-refractivity contribution is 7.98. The van der Waals surface area contributed by atoms with Crippen LogP contribution >= 0.6 is 11.8 Å². The number of halogens is 3. The molecule has 0 aliphatic carbocycles. The van der Waals surface area contributed by atoms with Crippen molar-refractivity contribution < 1.29 is 27.9 Å². The van der Waals surface area contributed by atoms with Crippen molar-refractivity contribution in [3.63, 3.8) is 0 Å². The number of carbonyl (C=O) groups excluding carboxylic acids is 1. The molecule has 0 aliphatic heterocycles. The van der Waals surface area contributed by atoms with Crippen LogP contribution in [0.4, 0.5) is 13.2 Å². The first kappa shape index (κ1) is 20.3. The van der Waals surface area contributed by atoms with Crippen molar-refractivity contribution in [3.05, 3.63) is 35.4 Å². The average Bonchev–Trinajstić information content (AvgIpc) is 2.50. The van der Waals surface area contributed by atoms with E-state index in [1.807, 2.05) is 6.26 Å². The number of benzene rings is 1. The van der Waals surface area contributed by atoms with E-state index < -0.39 is 29.7 Å². The van der Waals surface area contributed by atoms with E-state index in [9.17, 15) is 22.8 Å². The van der Waals surface area contributed by atoms with Gasteiger partial charge in [-0.2, -0.15) is 24.9 Å². The molecule has 1 amide bonds. The summed E-state index contributed by atoms with van der Waals surface area (Å²) in [4.78, 5) is 22.7. The summed E-state index contributed by atoms with van der Waals surface area (Å²) in [6.07, 6.45) is -2.37. The molecule has 1 aromatic carbocycles. The molecule has 0 radical (unpaired) electrons. The van der Waals surface area contributed by atoms with Gasteiger partial charge in [0, 0.05) is 6.54 Å². The number of alkyl halides is 3. The van der Waals surface area contributed by atoms with Gasteiger partial charge in [-0.25, -0.2) is 4.79 Å². The number of hydrogen-bond donors (Lipinski definition) is 3. The van der Waals surface area contributed by atoms with Gasteiger partial charge in [0.15, 0.2) is 0 Å². The maximum Gasteiger partial charge on any atom is 0.416 e. The van der Waals surface area contributed by atoms with Crippen LogP contribution in [0.5, 0.6) is 0 Å². The molecular formula is C15H19F3N2O3S. The predicted molar refractivity (Wildman–Crippen MR) is 85.7 cm³/mol. The molecule has 1 rings (SSSR count). The molecule has 1 atom stereocenters. The Balaban J connectivity index is 2.53. The lowest BCUT2D eigenvalue weighted by Gasteiger charge is -2.15. The first-order valence-corrected chi connectivity index (χ1v) is 8.52. The number of thioether (sulfide) groups is 1. The summed E-state index contributed by atoms with van der Waals surface area (Å²) in [5.41, 5.74) is -0.740. The Kier molecular flexibility index (Phi) is 8.06. The molecule has 5 nitrogen and oxygen atoms in total. The molecule has 0 saturated heterocycles. The van der Waals surface area contributed by atoms with E-state index in [2.05, 4.69) is 10.6 Å². The second-order valence-electron chi connectivity index (χ2n) is 5.00. The molecule has 134 valence electrons.